The molecule has 0 aromatic heterocycles. The van der Waals surface area contributed by atoms with E-state index in [9.17, 15) is 23.1 Å². The van der Waals surface area contributed by atoms with Crippen LogP contribution in [0.5, 0.6) is 0 Å². The first-order valence-electron chi connectivity index (χ1n) is 9.62. The number of carbonyl (C=O) groups excluding carboxylic acids is 1. The van der Waals surface area contributed by atoms with Gasteiger partial charge in [-0.1, -0.05) is 54.6 Å². The van der Waals surface area contributed by atoms with Crippen molar-refractivity contribution in [3.63, 3.8) is 0 Å². The molecule has 0 aliphatic heterocycles. The minimum atomic E-state index is -4.55. The van der Waals surface area contributed by atoms with E-state index in [4.69, 9.17) is 0 Å². The molecule has 3 aromatic carbocycles. The maximum Gasteiger partial charge on any atom is 0.416 e. The Kier molecular flexibility index (Phi) is 6.73. The van der Waals surface area contributed by atoms with Crippen LogP contribution in [-0.4, -0.2) is 11.0 Å². The highest BCUT2D eigenvalue weighted by Crippen LogP contribution is 2.32. The van der Waals surface area contributed by atoms with E-state index in [-0.39, 0.29) is 5.69 Å². The van der Waals surface area contributed by atoms with Crippen LogP contribution in [0.1, 0.15) is 22.3 Å². The zero-order valence-corrected chi connectivity index (χ0v) is 17.3. The number of carbonyl (C=O) groups is 1. The first-order valence-corrected chi connectivity index (χ1v) is 9.62. The number of anilines is 1. The van der Waals surface area contributed by atoms with E-state index in [1.807, 2.05) is 32.0 Å². The van der Waals surface area contributed by atoms with Gasteiger partial charge in [-0.2, -0.15) is 18.3 Å². The van der Waals surface area contributed by atoms with Crippen LogP contribution in [0, 0.1) is 13.8 Å². The molecule has 5 nitrogen and oxygen atoms in total. The van der Waals surface area contributed by atoms with Crippen molar-refractivity contribution in [2.75, 3.05) is 5.32 Å². The fraction of sp³-hybridized carbons (Fsp3) is 0.125. The highest BCUT2D eigenvalue weighted by Gasteiger charge is 2.30. The van der Waals surface area contributed by atoms with Crippen LogP contribution in [0.25, 0.3) is 5.76 Å². The Labute approximate surface area is 182 Å². The number of hydrogen-bond donors (Lipinski definition) is 2. The number of halogens is 3. The lowest BCUT2D eigenvalue weighted by atomic mass is 10.1. The molecule has 3 rings (SSSR count). The third-order valence-electron chi connectivity index (χ3n) is 4.65. The molecule has 0 radical (unpaired) electrons. The third kappa shape index (κ3) is 5.40. The monoisotopic (exact) mass is 439 g/mol. The molecular weight excluding hydrogens is 419 g/mol. The van der Waals surface area contributed by atoms with Crippen molar-refractivity contribution in [3.8, 4) is 0 Å². The Morgan fingerprint density at radius 1 is 0.906 bits per heavy atom. The summed E-state index contributed by atoms with van der Waals surface area (Å²) in [6.07, 6.45) is -4.55. The van der Waals surface area contributed by atoms with E-state index in [2.05, 4.69) is 15.5 Å². The molecule has 0 aliphatic carbocycles. The van der Waals surface area contributed by atoms with Gasteiger partial charge in [-0.25, -0.2) is 0 Å². The molecule has 0 fully saturated rings. The van der Waals surface area contributed by atoms with E-state index >= 15 is 0 Å². The Hall–Kier alpha value is -3.94. The number of hydrogen-bond acceptors (Lipinski definition) is 4. The van der Waals surface area contributed by atoms with Crippen LogP contribution in [0.4, 0.5) is 24.5 Å². The van der Waals surface area contributed by atoms with Crippen LogP contribution >= 0.6 is 0 Å². The molecule has 8 heteroatoms. The molecule has 0 bridgehead atoms. The van der Waals surface area contributed by atoms with Crippen LogP contribution < -0.4 is 5.32 Å². The molecule has 0 unspecified atom stereocenters. The zero-order valence-electron chi connectivity index (χ0n) is 17.3. The standard InChI is InChI=1S/C24H20F3N3O2/c1-15-8-6-9-16(2)20(15)28-23(32)21(22(31)17-10-4-3-5-11-17)30-29-19-13-7-12-18(14-19)24(25,26)27/h3-14,31H,1-2H3,(H,28,32). The van der Waals surface area contributed by atoms with E-state index < -0.39 is 29.1 Å². The normalized spacial score (nSPS) is 12.5. The number of para-hydroxylation sites is 1. The highest BCUT2D eigenvalue weighted by atomic mass is 19.4. The quantitative estimate of drug-likeness (QED) is 0.256. The molecule has 0 heterocycles. The number of rotatable bonds is 5. The smallest absolute Gasteiger partial charge is 0.416 e. The Bertz CT molecular complexity index is 1170. The first kappa shape index (κ1) is 22.7. The minimum Gasteiger partial charge on any atom is -0.505 e. The average molecular weight is 439 g/mol. The second kappa shape index (κ2) is 9.47. The van der Waals surface area contributed by atoms with Gasteiger partial charge in [0.1, 0.15) is 0 Å². The molecule has 0 saturated carbocycles. The van der Waals surface area contributed by atoms with Crippen molar-refractivity contribution in [3.05, 3.63) is 101 Å². The van der Waals surface area contributed by atoms with Crippen LogP contribution in [-0.2, 0) is 11.0 Å². The SMILES string of the molecule is Cc1cccc(C)c1NC(=O)C(N=Nc1cccc(C(F)(F)F)c1)=C(O)c1ccccc1. The summed E-state index contributed by atoms with van der Waals surface area (Å²) < 4.78 is 38.9. The van der Waals surface area contributed by atoms with Crippen molar-refractivity contribution in [1.29, 1.82) is 0 Å². The minimum absolute atomic E-state index is 0.113. The lowest BCUT2D eigenvalue weighted by Gasteiger charge is -2.12. The zero-order chi connectivity index (χ0) is 23.3. The van der Waals surface area contributed by atoms with Gasteiger partial charge in [0, 0.05) is 11.3 Å². The number of nitrogens with zero attached hydrogens (tertiary/aromatic N) is 2. The van der Waals surface area contributed by atoms with Crippen molar-refractivity contribution in [2.24, 2.45) is 10.2 Å². The molecular formula is C24H20F3N3O2. The lowest BCUT2D eigenvalue weighted by Crippen LogP contribution is -2.16. The summed E-state index contributed by atoms with van der Waals surface area (Å²) in [6, 6.07) is 17.9. The highest BCUT2D eigenvalue weighted by molar-refractivity contribution is 6.08. The second-order valence-corrected chi connectivity index (χ2v) is 7.03. The maximum absolute atomic E-state index is 13.0. The van der Waals surface area contributed by atoms with Gasteiger partial charge < -0.3 is 10.4 Å². The van der Waals surface area contributed by atoms with Crippen molar-refractivity contribution in [1.82, 2.24) is 0 Å². The number of azo groups is 1. The second-order valence-electron chi connectivity index (χ2n) is 7.03. The van der Waals surface area contributed by atoms with Crippen molar-refractivity contribution in [2.45, 2.75) is 20.0 Å². The summed E-state index contributed by atoms with van der Waals surface area (Å²) in [7, 11) is 0. The predicted octanol–water partition coefficient (Wildman–Crippen LogP) is 6.97. The average Bonchev–Trinajstić information content (AvgIpc) is 2.76. The molecule has 0 saturated heterocycles. The number of benzene rings is 3. The summed E-state index contributed by atoms with van der Waals surface area (Å²) in [5.41, 5.74) is 1.01. The van der Waals surface area contributed by atoms with Crippen LogP contribution in [0.3, 0.4) is 0 Å². The van der Waals surface area contributed by atoms with Crippen LogP contribution in [0.15, 0.2) is 88.7 Å². The number of nitrogens with one attached hydrogen (secondary N) is 1. The molecule has 164 valence electrons. The predicted molar refractivity (Wildman–Crippen MR) is 116 cm³/mol. The van der Waals surface area contributed by atoms with E-state index in [0.717, 1.165) is 23.3 Å². The molecule has 32 heavy (non-hydrogen) atoms. The number of aliphatic hydroxyl groups excluding tert-OH is 1. The van der Waals surface area contributed by atoms with Gasteiger partial charge in [0.05, 0.1) is 11.3 Å². The number of alkyl halides is 3. The number of amides is 1. The Balaban J connectivity index is 2.02. The summed E-state index contributed by atoms with van der Waals surface area (Å²) in [5.74, 6) is -1.20. The molecule has 3 aromatic rings. The molecule has 2 N–H and O–H groups in total. The van der Waals surface area contributed by atoms with E-state index in [1.165, 1.54) is 12.1 Å². The summed E-state index contributed by atoms with van der Waals surface area (Å²) in [4.78, 5) is 13.0. The lowest BCUT2D eigenvalue weighted by molar-refractivity contribution is -0.137. The van der Waals surface area contributed by atoms with Gasteiger partial charge in [0.2, 0.25) is 0 Å². The summed E-state index contributed by atoms with van der Waals surface area (Å²) in [5, 5.41) is 21.0. The van der Waals surface area contributed by atoms with E-state index in [0.29, 0.717) is 11.3 Å². The Morgan fingerprint density at radius 2 is 1.53 bits per heavy atom. The topological polar surface area (TPSA) is 74.0 Å². The van der Waals surface area contributed by atoms with Gasteiger partial charge in [-0.15, -0.1) is 5.11 Å². The fourth-order valence-electron chi connectivity index (χ4n) is 2.97. The fourth-order valence-corrected chi connectivity index (χ4v) is 2.97. The Morgan fingerprint density at radius 3 is 2.16 bits per heavy atom. The van der Waals surface area contributed by atoms with Crippen molar-refractivity contribution >= 4 is 23.0 Å². The first-order chi connectivity index (χ1) is 15.2. The molecule has 0 atom stereocenters. The number of aryl methyl sites for hydroxylation is 2. The van der Waals surface area contributed by atoms with Crippen LogP contribution in [0.2, 0.25) is 0 Å². The number of aliphatic hydroxyl groups is 1. The van der Waals surface area contributed by atoms with Gasteiger partial charge >= 0.3 is 6.18 Å². The maximum atomic E-state index is 13.0. The molecule has 1 amide bonds. The van der Waals surface area contributed by atoms with Crippen molar-refractivity contribution < 1.29 is 23.1 Å². The summed E-state index contributed by atoms with van der Waals surface area (Å²) >= 11 is 0. The van der Waals surface area contributed by atoms with E-state index in [1.54, 1.807) is 30.3 Å². The van der Waals surface area contributed by atoms with Gasteiger partial charge in [0.15, 0.2) is 11.5 Å². The molecule has 0 spiro atoms. The third-order valence-corrected chi connectivity index (χ3v) is 4.65. The summed E-state index contributed by atoms with van der Waals surface area (Å²) in [6.45, 7) is 3.63. The van der Waals surface area contributed by atoms with Gasteiger partial charge in [-0.05, 0) is 43.2 Å². The van der Waals surface area contributed by atoms with Gasteiger partial charge in [-0.3, -0.25) is 4.79 Å². The molecule has 0 aliphatic rings. The largest absolute Gasteiger partial charge is 0.505 e. The van der Waals surface area contributed by atoms with Gasteiger partial charge in [0.25, 0.3) is 5.91 Å².